The van der Waals surface area contributed by atoms with Gasteiger partial charge in [0.2, 0.25) is 5.91 Å². The van der Waals surface area contributed by atoms with Crippen LogP contribution in [0.2, 0.25) is 0 Å². The van der Waals surface area contributed by atoms with Crippen molar-refractivity contribution in [3.8, 4) is 0 Å². The molecule has 0 aliphatic carbocycles. The zero-order valence-electron chi connectivity index (χ0n) is 9.78. The first kappa shape index (κ1) is 12.2. The normalized spacial score (nSPS) is 10.3. The van der Waals surface area contributed by atoms with Gasteiger partial charge >= 0.3 is 0 Å². The lowest BCUT2D eigenvalue weighted by Crippen LogP contribution is -2.27. The predicted molar refractivity (Wildman–Crippen MR) is 64.0 cm³/mol. The number of nitrogens with one attached hydrogen (secondary N) is 1. The summed E-state index contributed by atoms with van der Waals surface area (Å²) in [5.74, 6) is -0.134. The quantitative estimate of drug-likeness (QED) is 0.737. The number of aromatic nitrogens is 4. The first-order valence-corrected chi connectivity index (χ1v) is 5.53. The number of hydrogen-bond donors (Lipinski definition) is 2. The summed E-state index contributed by atoms with van der Waals surface area (Å²) in [5.41, 5.74) is 7.60. The Morgan fingerprint density at radius 2 is 2.00 bits per heavy atom. The van der Waals surface area contributed by atoms with E-state index in [-0.39, 0.29) is 12.5 Å². The molecule has 7 heteroatoms. The second-order valence-electron chi connectivity index (χ2n) is 3.80. The lowest BCUT2D eigenvalue weighted by atomic mass is 10.1. The average Bonchev–Trinajstić information content (AvgIpc) is 2.90. The van der Waals surface area contributed by atoms with E-state index in [1.165, 1.54) is 11.0 Å². The van der Waals surface area contributed by atoms with Gasteiger partial charge in [-0.25, -0.2) is 4.68 Å². The third-order valence-corrected chi connectivity index (χ3v) is 2.45. The van der Waals surface area contributed by atoms with Crippen molar-refractivity contribution in [1.82, 2.24) is 25.5 Å². The Morgan fingerprint density at radius 1 is 1.28 bits per heavy atom. The number of rotatable bonds is 5. The number of amides is 1. The van der Waals surface area contributed by atoms with E-state index in [0.29, 0.717) is 13.1 Å². The maximum absolute atomic E-state index is 11.6. The van der Waals surface area contributed by atoms with Crippen LogP contribution in [0.4, 0.5) is 0 Å². The summed E-state index contributed by atoms with van der Waals surface area (Å²) in [5, 5.41) is 13.3. The smallest absolute Gasteiger partial charge is 0.242 e. The molecule has 0 spiro atoms. The zero-order valence-corrected chi connectivity index (χ0v) is 9.78. The van der Waals surface area contributed by atoms with Crippen LogP contribution >= 0.6 is 0 Å². The Labute approximate surface area is 104 Å². The Balaban J connectivity index is 1.81. The average molecular weight is 246 g/mol. The summed E-state index contributed by atoms with van der Waals surface area (Å²) in [4.78, 5) is 11.6. The minimum absolute atomic E-state index is 0.119. The molecule has 1 amide bonds. The van der Waals surface area contributed by atoms with Gasteiger partial charge in [0.05, 0.1) is 0 Å². The Hall–Kier alpha value is -2.28. The predicted octanol–water partition coefficient (Wildman–Crippen LogP) is -0.552. The third kappa shape index (κ3) is 3.36. The van der Waals surface area contributed by atoms with Gasteiger partial charge in [0.1, 0.15) is 12.9 Å². The van der Waals surface area contributed by atoms with E-state index in [1.54, 1.807) is 0 Å². The molecule has 0 saturated heterocycles. The van der Waals surface area contributed by atoms with Crippen molar-refractivity contribution in [3.63, 3.8) is 0 Å². The van der Waals surface area contributed by atoms with Crippen molar-refractivity contribution in [2.24, 2.45) is 5.73 Å². The SMILES string of the molecule is NCc1ccc(CNC(=O)Cn2cnnn2)cc1. The first-order chi connectivity index (χ1) is 8.78. The molecule has 1 aromatic heterocycles. The van der Waals surface area contributed by atoms with Crippen LogP contribution in [-0.4, -0.2) is 26.1 Å². The van der Waals surface area contributed by atoms with E-state index < -0.39 is 0 Å². The van der Waals surface area contributed by atoms with Crippen LogP contribution in [0.5, 0.6) is 0 Å². The summed E-state index contributed by atoms with van der Waals surface area (Å²) in [6.07, 6.45) is 1.40. The fraction of sp³-hybridized carbons (Fsp3) is 0.273. The number of benzene rings is 1. The van der Waals surface area contributed by atoms with Crippen LogP contribution in [0.15, 0.2) is 30.6 Å². The molecular formula is C11H14N6O. The van der Waals surface area contributed by atoms with Crippen LogP contribution in [0.3, 0.4) is 0 Å². The van der Waals surface area contributed by atoms with E-state index >= 15 is 0 Å². The van der Waals surface area contributed by atoms with Gasteiger partial charge < -0.3 is 11.1 Å². The Kier molecular flexibility index (Phi) is 3.98. The Morgan fingerprint density at radius 3 is 2.61 bits per heavy atom. The summed E-state index contributed by atoms with van der Waals surface area (Å²) >= 11 is 0. The van der Waals surface area contributed by atoms with Crippen molar-refractivity contribution in [2.75, 3.05) is 0 Å². The molecule has 18 heavy (non-hydrogen) atoms. The minimum Gasteiger partial charge on any atom is -0.350 e. The molecule has 0 unspecified atom stereocenters. The van der Waals surface area contributed by atoms with Gasteiger partial charge in [0.25, 0.3) is 0 Å². The molecule has 3 N–H and O–H groups in total. The van der Waals surface area contributed by atoms with Gasteiger partial charge in [-0.2, -0.15) is 0 Å². The molecule has 0 atom stereocenters. The number of nitrogens with two attached hydrogens (primary N) is 1. The molecule has 0 fully saturated rings. The van der Waals surface area contributed by atoms with Gasteiger partial charge in [-0.05, 0) is 21.6 Å². The van der Waals surface area contributed by atoms with Crippen molar-refractivity contribution in [2.45, 2.75) is 19.6 Å². The summed E-state index contributed by atoms with van der Waals surface area (Å²) in [7, 11) is 0. The van der Waals surface area contributed by atoms with E-state index in [4.69, 9.17) is 5.73 Å². The van der Waals surface area contributed by atoms with Crippen molar-refractivity contribution in [3.05, 3.63) is 41.7 Å². The highest BCUT2D eigenvalue weighted by atomic mass is 16.2. The standard InChI is InChI=1S/C11H14N6O/c12-5-9-1-3-10(4-2-9)6-13-11(18)7-17-8-14-15-16-17/h1-4,8H,5-7,12H2,(H,13,18). The van der Waals surface area contributed by atoms with Crippen molar-refractivity contribution >= 4 is 5.91 Å². The summed E-state index contributed by atoms with van der Waals surface area (Å²) in [6, 6.07) is 7.78. The van der Waals surface area contributed by atoms with Crippen molar-refractivity contribution in [1.29, 1.82) is 0 Å². The molecule has 1 heterocycles. The highest BCUT2D eigenvalue weighted by Crippen LogP contribution is 2.03. The van der Waals surface area contributed by atoms with Gasteiger partial charge in [-0.3, -0.25) is 4.79 Å². The molecular weight excluding hydrogens is 232 g/mol. The van der Waals surface area contributed by atoms with Crippen LogP contribution in [0.25, 0.3) is 0 Å². The van der Waals surface area contributed by atoms with E-state index in [9.17, 15) is 4.79 Å². The monoisotopic (exact) mass is 246 g/mol. The van der Waals surface area contributed by atoms with E-state index in [0.717, 1.165) is 11.1 Å². The van der Waals surface area contributed by atoms with Crippen molar-refractivity contribution < 1.29 is 4.79 Å². The van der Waals surface area contributed by atoms with Gasteiger partial charge in [0.15, 0.2) is 0 Å². The molecule has 2 aromatic rings. The zero-order chi connectivity index (χ0) is 12.8. The number of carbonyl (C=O) groups is 1. The summed E-state index contributed by atoms with van der Waals surface area (Å²) in [6.45, 7) is 1.12. The molecule has 1 aromatic carbocycles. The molecule has 0 saturated carbocycles. The number of hydrogen-bond acceptors (Lipinski definition) is 5. The third-order valence-electron chi connectivity index (χ3n) is 2.45. The van der Waals surface area contributed by atoms with Gasteiger partial charge in [0, 0.05) is 13.1 Å². The fourth-order valence-electron chi connectivity index (χ4n) is 1.45. The maximum atomic E-state index is 11.6. The van der Waals surface area contributed by atoms with Crippen LogP contribution in [0.1, 0.15) is 11.1 Å². The molecule has 0 aliphatic rings. The van der Waals surface area contributed by atoms with Crippen LogP contribution < -0.4 is 11.1 Å². The molecule has 0 bridgehead atoms. The van der Waals surface area contributed by atoms with Gasteiger partial charge in [-0.15, -0.1) is 5.10 Å². The largest absolute Gasteiger partial charge is 0.350 e. The lowest BCUT2D eigenvalue weighted by molar-refractivity contribution is -0.122. The molecule has 2 rings (SSSR count). The molecule has 0 aliphatic heterocycles. The highest BCUT2D eigenvalue weighted by Gasteiger charge is 2.03. The topological polar surface area (TPSA) is 98.7 Å². The Bertz CT molecular complexity index is 493. The maximum Gasteiger partial charge on any atom is 0.242 e. The molecule has 94 valence electrons. The first-order valence-electron chi connectivity index (χ1n) is 5.53. The van der Waals surface area contributed by atoms with E-state index in [2.05, 4.69) is 20.8 Å². The van der Waals surface area contributed by atoms with Crippen LogP contribution in [-0.2, 0) is 24.4 Å². The fourth-order valence-corrected chi connectivity index (χ4v) is 1.45. The lowest BCUT2D eigenvalue weighted by Gasteiger charge is -2.05. The highest BCUT2D eigenvalue weighted by molar-refractivity contribution is 5.75. The number of tetrazole rings is 1. The second kappa shape index (κ2) is 5.87. The van der Waals surface area contributed by atoms with E-state index in [1.807, 2.05) is 24.3 Å². The number of nitrogens with zero attached hydrogens (tertiary/aromatic N) is 4. The minimum atomic E-state index is -0.134. The van der Waals surface area contributed by atoms with Crippen LogP contribution in [0, 0.1) is 0 Å². The number of carbonyl (C=O) groups excluding carboxylic acids is 1. The molecule has 7 nitrogen and oxygen atoms in total. The molecule has 0 radical (unpaired) electrons. The second-order valence-corrected chi connectivity index (χ2v) is 3.80. The summed E-state index contributed by atoms with van der Waals surface area (Å²) < 4.78 is 1.37. The van der Waals surface area contributed by atoms with Gasteiger partial charge in [-0.1, -0.05) is 24.3 Å².